The van der Waals surface area contributed by atoms with Crippen molar-refractivity contribution in [2.24, 2.45) is 0 Å². The van der Waals surface area contributed by atoms with Crippen LogP contribution < -0.4 is 10.5 Å². The predicted octanol–water partition coefficient (Wildman–Crippen LogP) is 4.34. The van der Waals surface area contributed by atoms with Crippen LogP contribution in [0.1, 0.15) is 41.0 Å². The maximum Gasteiger partial charge on any atom is 0.425 e. The molecule has 2 rings (SSSR count). The number of benzene rings is 1. The number of amides is 1. The highest BCUT2D eigenvalue weighted by Crippen LogP contribution is 2.35. The van der Waals surface area contributed by atoms with Crippen molar-refractivity contribution < 1.29 is 32.2 Å². The number of rotatable bonds is 4. The minimum atomic E-state index is -4.63. The van der Waals surface area contributed by atoms with Crippen molar-refractivity contribution in [1.82, 2.24) is 4.90 Å². The number of halogens is 3. The second kappa shape index (κ2) is 7.69. The van der Waals surface area contributed by atoms with Crippen LogP contribution in [0.25, 0.3) is 0 Å². The Hall–Kier alpha value is -2.16. The van der Waals surface area contributed by atoms with E-state index in [9.17, 15) is 18.0 Å². The molecule has 6 nitrogen and oxygen atoms in total. The minimum Gasteiger partial charge on any atom is -0.481 e. The largest absolute Gasteiger partial charge is 0.481 e. The van der Waals surface area contributed by atoms with Gasteiger partial charge in [-0.3, -0.25) is 4.90 Å². The molecular weight excluding hydrogens is 377 g/mol. The molecule has 1 amide bonds. The van der Waals surface area contributed by atoms with Gasteiger partial charge in [-0.15, -0.1) is 0 Å². The van der Waals surface area contributed by atoms with E-state index in [2.05, 4.69) is 0 Å². The SMILES string of the molecule is CC(C)(C)OC(=O)N1[C@@H](C[C@@H](Oc2ccc(N)cc2)C(F)(F)F)COC1(C)C. The van der Waals surface area contributed by atoms with E-state index in [4.69, 9.17) is 19.9 Å². The van der Waals surface area contributed by atoms with Gasteiger partial charge in [-0.25, -0.2) is 4.79 Å². The Morgan fingerprint density at radius 2 is 1.86 bits per heavy atom. The molecule has 2 N–H and O–H groups in total. The molecule has 1 saturated heterocycles. The topological polar surface area (TPSA) is 74.0 Å². The molecule has 1 fully saturated rings. The summed E-state index contributed by atoms with van der Waals surface area (Å²) < 4.78 is 56.9. The molecule has 0 aromatic heterocycles. The highest BCUT2D eigenvalue weighted by atomic mass is 19.4. The standard InChI is InChI=1S/C19H27F3N2O4/c1-17(2,3)28-16(25)24-13(11-26-18(24,4)5)10-15(19(20,21)22)27-14-8-6-12(23)7-9-14/h6-9,13,15H,10-11,23H2,1-5H3/t13-,15+/m0/s1. The zero-order valence-corrected chi connectivity index (χ0v) is 16.7. The number of alkyl halides is 3. The average molecular weight is 404 g/mol. The van der Waals surface area contributed by atoms with Crippen LogP contribution in [0.3, 0.4) is 0 Å². The highest BCUT2D eigenvalue weighted by molar-refractivity contribution is 5.69. The number of anilines is 1. The summed E-state index contributed by atoms with van der Waals surface area (Å²) in [5.41, 5.74) is 4.09. The molecule has 9 heteroatoms. The van der Waals surface area contributed by atoms with E-state index in [1.807, 2.05) is 0 Å². The maximum absolute atomic E-state index is 13.6. The van der Waals surface area contributed by atoms with Gasteiger partial charge >= 0.3 is 12.3 Å². The molecule has 1 aliphatic rings. The van der Waals surface area contributed by atoms with Gasteiger partial charge in [0.25, 0.3) is 0 Å². The molecule has 158 valence electrons. The lowest BCUT2D eigenvalue weighted by Gasteiger charge is -2.36. The number of hydrogen-bond acceptors (Lipinski definition) is 5. The number of carbonyl (C=O) groups is 1. The van der Waals surface area contributed by atoms with Gasteiger partial charge in [0.2, 0.25) is 0 Å². The van der Waals surface area contributed by atoms with Gasteiger partial charge in [-0.1, -0.05) is 0 Å². The molecular formula is C19H27F3N2O4. The van der Waals surface area contributed by atoms with E-state index in [0.717, 1.165) is 0 Å². The van der Waals surface area contributed by atoms with Crippen molar-refractivity contribution in [3.8, 4) is 5.75 Å². The normalized spacial score (nSPS) is 20.7. The third kappa shape index (κ3) is 5.67. The molecule has 1 heterocycles. The number of carbonyl (C=O) groups excluding carboxylic acids is 1. The van der Waals surface area contributed by atoms with E-state index < -0.39 is 42.2 Å². The summed E-state index contributed by atoms with van der Waals surface area (Å²) in [4.78, 5) is 13.8. The number of nitrogen functional groups attached to an aromatic ring is 1. The van der Waals surface area contributed by atoms with Crippen LogP contribution in [0.2, 0.25) is 0 Å². The molecule has 1 aromatic carbocycles. The first kappa shape index (κ1) is 22.1. The van der Waals surface area contributed by atoms with Crippen molar-refractivity contribution in [2.45, 2.75) is 70.7 Å². The number of nitrogens with two attached hydrogens (primary N) is 1. The van der Waals surface area contributed by atoms with E-state index in [1.165, 1.54) is 29.2 Å². The number of hydrogen-bond donors (Lipinski definition) is 1. The summed E-state index contributed by atoms with van der Waals surface area (Å²) in [5, 5.41) is 0. The number of nitrogens with zero attached hydrogens (tertiary/aromatic N) is 1. The van der Waals surface area contributed by atoms with Gasteiger partial charge in [-0.05, 0) is 58.9 Å². The average Bonchev–Trinajstić information content (AvgIpc) is 2.80. The molecule has 0 bridgehead atoms. The fourth-order valence-electron chi connectivity index (χ4n) is 2.94. The Bertz CT molecular complexity index is 684. The second-order valence-electron chi connectivity index (χ2n) is 8.21. The summed E-state index contributed by atoms with van der Waals surface area (Å²) in [7, 11) is 0. The summed E-state index contributed by atoms with van der Waals surface area (Å²) in [6, 6.07) is 4.80. The van der Waals surface area contributed by atoms with Crippen LogP contribution >= 0.6 is 0 Å². The second-order valence-corrected chi connectivity index (χ2v) is 8.21. The lowest BCUT2D eigenvalue weighted by atomic mass is 10.1. The Balaban J connectivity index is 2.21. The molecule has 28 heavy (non-hydrogen) atoms. The summed E-state index contributed by atoms with van der Waals surface area (Å²) in [6.07, 6.45) is -7.97. The fourth-order valence-corrected chi connectivity index (χ4v) is 2.94. The zero-order chi connectivity index (χ0) is 21.3. The van der Waals surface area contributed by atoms with Gasteiger partial charge in [0.15, 0.2) is 6.10 Å². The van der Waals surface area contributed by atoms with Crippen molar-refractivity contribution >= 4 is 11.8 Å². The third-order valence-corrected chi connectivity index (χ3v) is 4.17. The summed E-state index contributed by atoms with van der Waals surface area (Å²) in [5.74, 6) is 0.0403. The van der Waals surface area contributed by atoms with Crippen molar-refractivity contribution in [3.63, 3.8) is 0 Å². The molecule has 2 atom stereocenters. The lowest BCUT2D eigenvalue weighted by Crippen LogP contribution is -2.52. The smallest absolute Gasteiger partial charge is 0.425 e. The van der Waals surface area contributed by atoms with E-state index in [0.29, 0.717) is 5.69 Å². The third-order valence-electron chi connectivity index (χ3n) is 4.17. The first-order valence-electron chi connectivity index (χ1n) is 8.94. The highest BCUT2D eigenvalue weighted by Gasteiger charge is 2.50. The van der Waals surface area contributed by atoms with Crippen LogP contribution in [0.4, 0.5) is 23.7 Å². The molecule has 0 aliphatic carbocycles. The number of ether oxygens (including phenoxy) is 3. The van der Waals surface area contributed by atoms with Crippen molar-refractivity contribution in [3.05, 3.63) is 24.3 Å². The lowest BCUT2D eigenvalue weighted by molar-refractivity contribution is -0.199. The predicted molar refractivity (Wildman–Crippen MR) is 97.8 cm³/mol. The molecule has 0 spiro atoms. The molecule has 0 radical (unpaired) electrons. The van der Waals surface area contributed by atoms with Crippen LogP contribution in [0.15, 0.2) is 24.3 Å². The molecule has 0 unspecified atom stereocenters. The first-order chi connectivity index (χ1) is 12.7. The van der Waals surface area contributed by atoms with Crippen molar-refractivity contribution in [1.29, 1.82) is 0 Å². The quantitative estimate of drug-likeness (QED) is 0.756. The first-order valence-corrected chi connectivity index (χ1v) is 8.94. The minimum absolute atomic E-state index is 0.0403. The van der Waals surface area contributed by atoms with Crippen LogP contribution in [0.5, 0.6) is 5.75 Å². The molecule has 0 saturated carbocycles. The van der Waals surface area contributed by atoms with E-state index in [1.54, 1.807) is 34.6 Å². The van der Waals surface area contributed by atoms with Gasteiger partial charge in [0.05, 0.1) is 12.6 Å². The Morgan fingerprint density at radius 3 is 2.36 bits per heavy atom. The van der Waals surface area contributed by atoms with Crippen LogP contribution in [-0.2, 0) is 9.47 Å². The van der Waals surface area contributed by atoms with Crippen LogP contribution in [0, 0.1) is 0 Å². The Kier molecular flexibility index (Phi) is 6.08. The molecule has 1 aromatic rings. The summed E-state index contributed by atoms with van der Waals surface area (Å²) >= 11 is 0. The van der Waals surface area contributed by atoms with Gasteiger partial charge in [0.1, 0.15) is 17.1 Å². The van der Waals surface area contributed by atoms with Gasteiger partial charge in [0, 0.05) is 12.1 Å². The summed E-state index contributed by atoms with van der Waals surface area (Å²) in [6.45, 7) is 8.23. The molecule has 1 aliphatic heterocycles. The maximum atomic E-state index is 13.6. The van der Waals surface area contributed by atoms with E-state index >= 15 is 0 Å². The van der Waals surface area contributed by atoms with Crippen molar-refractivity contribution in [2.75, 3.05) is 12.3 Å². The monoisotopic (exact) mass is 404 g/mol. The Morgan fingerprint density at radius 1 is 1.29 bits per heavy atom. The Labute approximate surface area is 162 Å². The zero-order valence-electron chi connectivity index (χ0n) is 16.7. The van der Waals surface area contributed by atoms with Gasteiger partial charge in [-0.2, -0.15) is 13.2 Å². The van der Waals surface area contributed by atoms with Gasteiger partial charge < -0.3 is 19.9 Å². The van der Waals surface area contributed by atoms with E-state index in [-0.39, 0.29) is 12.4 Å². The van der Waals surface area contributed by atoms with Crippen LogP contribution in [-0.4, -0.2) is 47.2 Å². The fraction of sp³-hybridized carbons (Fsp3) is 0.632.